The van der Waals surface area contributed by atoms with Crippen LogP contribution in [0.2, 0.25) is 0 Å². The van der Waals surface area contributed by atoms with Crippen molar-refractivity contribution in [1.29, 1.82) is 0 Å². The highest BCUT2D eigenvalue weighted by atomic mass is 16.6. The number of carbonyl (C=O) groups is 1. The summed E-state index contributed by atoms with van der Waals surface area (Å²) in [6.45, 7) is 0.836. The Morgan fingerprint density at radius 2 is 1.96 bits per heavy atom. The Labute approximate surface area is 149 Å². The lowest BCUT2D eigenvalue weighted by molar-refractivity contribution is -0.123. The predicted molar refractivity (Wildman–Crippen MR) is 87.5 cm³/mol. The van der Waals surface area contributed by atoms with Gasteiger partial charge in [0.2, 0.25) is 5.91 Å². The first-order chi connectivity index (χ1) is 12.8. The zero-order chi connectivity index (χ0) is 17.5. The molecule has 3 heterocycles. The summed E-state index contributed by atoms with van der Waals surface area (Å²) in [4.78, 5) is 12.0. The predicted octanol–water partition coefficient (Wildman–Crippen LogP) is 0.699. The monoisotopic (exact) mass is 357 g/mol. The zero-order valence-corrected chi connectivity index (χ0v) is 14.0. The molecule has 0 radical (unpaired) electrons. The van der Waals surface area contributed by atoms with Crippen LogP contribution in [0.4, 0.5) is 0 Å². The average Bonchev–Trinajstić information content (AvgIpc) is 3.09. The van der Waals surface area contributed by atoms with Gasteiger partial charge in [-0.2, -0.15) is 4.68 Å². The molecule has 0 bridgehead atoms. The molecular formula is C17H19N5O4. The zero-order valence-electron chi connectivity index (χ0n) is 14.0. The second-order valence-corrected chi connectivity index (χ2v) is 6.87. The van der Waals surface area contributed by atoms with Crippen molar-refractivity contribution >= 4 is 5.91 Å². The molecule has 2 aliphatic heterocycles. The summed E-state index contributed by atoms with van der Waals surface area (Å²) in [5.41, 5.74) is 0. The van der Waals surface area contributed by atoms with Crippen LogP contribution in [-0.2, 0) is 14.3 Å². The highest BCUT2D eigenvalue weighted by Crippen LogP contribution is 2.36. The van der Waals surface area contributed by atoms with E-state index in [-0.39, 0.29) is 36.1 Å². The molecule has 0 spiro atoms. The van der Waals surface area contributed by atoms with Crippen molar-refractivity contribution in [2.45, 2.75) is 37.1 Å². The minimum absolute atomic E-state index is 0.0989. The van der Waals surface area contributed by atoms with E-state index in [1.807, 2.05) is 30.3 Å². The smallest absolute Gasteiger partial charge is 0.341 e. The third kappa shape index (κ3) is 2.82. The Morgan fingerprint density at radius 1 is 1.15 bits per heavy atom. The molecule has 2 saturated heterocycles. The molecule has 26 heavy (non-hydrogen) atoms. The average molecular weight is 357 g/mol. The van der Waals surface area contributed by atoms with E-state index in [9.17, 15) is 4.79 Å². The van der Waals surface area contributed by atoms with Crippen molar-refractivity contribution in [1.82, 2.24) is 25.5 Å². The molecule has 5 rings (SSSR count). The molecule has 1 N–H and O–H groups in total. The lowest BCUT2D eigenvalue weighted by Gasteiger charge is -2.18. The number of para-hydroxylation sites is 1. The molecule has 4 atom stereocenters. The maximum Gasteiger partial charge on any atom is 0.341 e. The number of carbonyl (C=O) groups excluding carboxylic acids is 1. The highest BCUT2D eigenvalue weighted by molar-refractivity contribution is 5.81. The van der Waals surface area contributed by atoms with E-state index in [1.165, 1.54) is 0 Å². The fraction of sp³-hybridized carbons (Fsp3) is 0.529. The summed E-state index contributed by atoms with van der Waals surface area (Å²) in [5.74, 6) is 0.916. The van der Waals surface area contributed by atoms with Crippen molar-refractivity contribution in [3.05, 3.63) is 30.3 Å². The first-order valence-corrected chi connectivity index (χ1v) is 8.84. The van der Waals surface area contributed by atoms with E-state index in [2.05, 4.69) is 20.8 Å². The van der Waals surface area contributed by atoms with E-state index in [4.69, 9.17) is 14.2 Å². The molecule has 1 aliphatic carbocycles. The van der Waals surface area contributed by atoms with Crippen LogP contribution < -0.4 is 10.1 Å². The maximum atomic E-state index is 12.0. The number of ether oxygens (including phenoxy) is 3. The van der Waals surface area contributed by atoms with Crippen LogP contribution in [0.3, 0.4) is 0 Å². The normalized spacial score (nSPS) is 30.2. The van der Waals surface area contributed by atoms with Gasteiger partial charge in [0, 0.05) is 5.92 Å². The molecule has 1 amide bonds. The summed E-state index contributed by atoms with van der Waals surface area (Å²) in [6, 6.07) is 9.30. The molecule has 0 unspecified atom stereocenters. The van der Waals surface area contributed by atoms with Gasteiger partial charge in [0.05, 0.1) is 19.3 Å². The van der Waals surface area contributed by atoms with Crippen molar-refractivity contribution in [3.8, 4) is 11.8 Å². The van der Waals surface area contributed by atoms with Crippen LogP contribution >= 0.6 is 0 Å². The number of fused-ring (bicyclic) bond motifs is 1. The standard InChI is InChI=1S/C17H19N5O4/c23-16(10-6-7-10)18-12-8-24-15-13(9-25-14(12)15)22-17(19-20-21-22)26-11-4-2-1-3-5-11/h1-5,10,12-15H,6-9H2,(H,18,23)/t12-,13-,14+,15+/m0/s1. The SMILES string of the molecule is O=C(N[C@H]1CO[C@H]2[C@@H]1OC[C@@H]2n1nnnc1Oc1ccccc1)C1CC1. The van der Waals surface area contributed by atoms with E-state index in [0.717, 1.165) is 12.8 Å². The van der Waals surface area contributed by atoms with E-state index >= 15 is 0 Å². The Morgan fingerprint density at radius 3 is 2.77 bits per heavy atom. The number of nitrogens with zero attached hydrogens (tertiary/aromatic N) is 4. The molecule has 3 aliphatic rings. The van der Waals surface area contributed by atoms with Gasteiger partial charge in [-0.25, -0.2) is 0 Å². The summed E-state index contributed by atoms with van der Waals surface area (Å²) < 4.78 is 19.2. The quantitative estimate of drug-likeness (QED) is 0.840. The molecule has 9 nitrogen and oxygen atoms in total. The third-order valence-corrected chi connectivity index (χ3v) is 5.03. The van der Waals surface area contributed by atoms with Crippen molar-refractivity contribution < 1.29 is 19.0 Å². The number of aromatic nitrogens is 4. The highest BCUT2D eigenvalue weighted by Gasteiger charge is 2.50. The number of tetrazole rings is 1. The van der Waals surface area contributed by atoms with Gasteiger partial charge in [-0.1, -0.05) is 23.3 Å². The molecule has 1 aromatic heterocycles. The fourth-order valence-corrected chi connectivity index (χ4v) is 3.51. The van der Waals surface area contributed by atoms with Gasteiger partial charge in [-0.05, 0) is 35.4 Å². The summed E-state index contributed by atoms with van der Waals surface area (Å²) >= 11 is 0. The molecule has 136 valence electrons. The van der Waals surface area contributed by atoms with Crippen molar-refractivity contribution in [2.24, 2.45) is 5.92 Å². The van der Waals surface area contributed by atoms with E-state index in [0.29, 0.717) is 25.0 Å². The van der Waals surface area contributed by atoms with Gasteiger partial charge in [0.1, 0.15) is 24.0 Å². The van der Waals surface area contributed by atoms with Gasteiger partial charge >= 0.3 is 6.01 Å². The molecule has 1 aromatic carbocycles. The van der Waals surface area contributed by atoms with Crippen LogP contribution in [0, 0.1) is 5.92 Å². The number of hydrogen-bond acceptors (Lipinski definition) is 7. The number of benzene rings is 1. The minimum Gasteiger partial charge on any atom is -0.423 e. The molecule has 1 saturated carbocycles. The summed E-state index contributed by atoms with van der Waals surface area (Å²) in [5, 5.41) is 14.8. The van der Waals surface area contributed by atoms with Crippen LogP contribution in [-0.4, -0.2) is 57.6 Å². The lowest BCUT2D eigenvalue weighted by Crippen LogP contribution is -2.44. The second-order valence-electron chi connectivity index (χ2n) is 6.87. The molecule has 2 aromatic rings. The molecule has 9 heteroatoms. The summed E-state index contributed by atoms with van der Waals surface area (Å²) in [6.07, 6.45) is 1.53. The minimum atomic E-state index is -0.221. The lowest BCUT2D eigenvalue weighted by atomic mass is 10.1. The topological polar surface area (TPSA) is 100 Å². The molecular weight excluding hydrogens is 338 g/mol. The second kappa shape index (κ2) is 6.33. The summed E-state index contributed by atoms with van der Waals surface area (Å²) in [7, 11) is 0. The van der Waals surface area contributed by atoms with E-state index < -0.39 is 0 Å². The van der Waals surface area contributed by atoms with Crippen LogP contribution in [0.1, 0.15) is 18.9 Å². The third-order valence-electron chi connectivity index (χ3n) is 5.03. The number of nitrogens with one attached hydrogen (secondary N) is 1. The van der Waals surface area contributed by atoms with E-state index in [1.54, 1.807) is 4.68 Å². The number of rotatable bonds is 5. The van der Waals surface area contributed by atoms with Crippen molar-refractivity contribution in [3.63, 3.8) is 0 Å². The Bertz CT molecular complexity index is 793. The van der Waals surface area contributed by atoms with Gasteiger partial charge in [0.15, 0.2) is 0 Å². The maximum absolute atomic E-state index is 12.0. The molecule has 3 fully saturated rings. The van der Waals surface area contributed by atoms with Crippen LogP contribution in [0.15, 0.2) is 30.3 Å². The Kier molecular flexibility index (Phi) is 3.83. The van der Waals surface area contributed by atoms with Gasteiger partial charge in [-0.15, -0.1) is 0 Å². The van der Waals surface area contributed by atoms with Gasteiger partial charge in [0.25, 0.3) is 0 Å². The Hall–Kier alpha value is -2.52. The first-order valence-electron chi connectivity index (χ1n) is 8.84. The Balaban J connectivity index is 1.30. The van der Waals surface area contributed by atoms with Crippen LogP contribution in [0.5, 0.6) is 11.8 Å². The number of hydrogen-bond donors (Lipinski definition) is 1. The first kappa shape index (κ1) is 15.7. The largest absolute Gasteiger partial charge is 0.423 e. The fourth-order valence-electron chi connectivity index (χ4n) is 3.51. The van der Waals surface area contributed by atoms with Crippen LogP contribution in [0.25, 0.3) is 0 Å². The van der Waals surface area contributed by atoms with Gasteiger partial charge in [-0.3, -0.25) is 4.79 Å². The number of amides is 1. The van der Waals surface area contributed by atoms with Crippen molar-refractivity contribution in [2.75, 3.05) is 13.2 Å². The van der Waals surface area contributed by atoms with Gasteiger partial charge < -0.3 is 19.5 Å².